The van der Waals surface area contributed by atoms with Gasteiger partial charge in [-0.05, 0) is 56.9 Å². The number of hydrogen-bond donors (Lipinski definition) is 1. The van der Waals surface area contributed by atoms with Crippen molar-refractivity contribution in [2.24, 2.45) is 5.92 Å². The Balaban J connectivity index is 1.89. The van der Waals surface area contributed by atoms with Crippen molar-refractivity contribution in [1.29, 1.82) is 0 Å². The molecule has 24 heavy (non-hydrogen) atoms. The molecule has 2 rings (SSSR count). The number of sulfonamides is 1. The predicted molar refractivity (Wildman–Crippen MR) is 92.4 cm³/mol. The first-order valence-corrected chi connectivity index (χ1v) is 9.81. The van der Waals surface area contributed by atoms with Gasteiger partial charge in [0.15, 0.2) is 0 Å². The van der Waals surface area contributed by atoms with E-state index in [0.29, 0.717) is 6.54 Å². The minimum Gasteiger partial charge on any atom is -0.465 e. The number of rotatable bonds is 7. The molecule has 0 radical (unpaired) electrons. The average Bonchev–Trinajstić information content (AvgIpc) is 2.59. The molecule has 0 saturated carbocycles. The molecular formula is C17H26N2O4S. The monoisotopic (exact) mass is 354 g/mol. The SMILES string of the molecule is COC(=O)c1ccccc1S(=O)(=O)NCCCN1CCC(C)CC1. The van der Waals surface area contributed by atoms with E-state index in [4.69, 9.17) is 0 Å². The van der Waals surface area contributed by atoms with Crippen molar-refractivity contribution in [1.82, 2.24) is 9.62 Å². The topological polar surface area (TPSA) is 75.7 Å². The summed E-state index contributed by atoms with van der Waals surface area (Å²) in [6.45, 7) is 5.67. The molecule has 1 fully saturated rings. The van der Waals surface area contributed by atoms with Gasteiger partial charge in [0.25, 0.3) is 0 Å². The molecule has 0 unspecified atom stereocenters. The van der Waals surface area contributed by atoms with E-state index in [2.05, 4.69) is 21.3 Å². The van der Waals surface area contributed by atoms with Gasteiger partial charge in [0.2, 0.25) is 10.0 Å². The largest absolute Gasteiger partial charge is 0.465 e. The van der Waals surface area contributed by atoms with Crippen molar-refractivity contribution in [3.05, 3.63) is 29.8 Å². The first kappa shape index (κ1) is 18.9. The van der Waals surface area contributed by atoms with E-state index in [-0.39, 0.29) is 10.5 Å². The molecule has 1 saturated heterocycles. The number of benzene rings is 1. The Labute approximate surface area is 144 Å². The molecule has 7 heteroatoms. The second-order valence-electron chi connectivity index (χ2n) is 6.26. The molecule has 1 aliphatic rings. The van der Waals surface area contributed by atoms with Gasteiger partial charge in [0.1, 0.15) is 0 Å². The smallest absolute Gasteiger partial charge is 0.339 e. The summed E-state index contributed by atoms with van der Waals surface area (Å²) >= 11 is 0. The van der Waals surface area contributed by atoms with Crippen LogP contribution in [0.5, 0.6) is 0 Å². The Hall–Kier alpha value is -1.44. The fourth-order valence-corrected chi connectivity index (χ4v) is 4.12. The van der Waals surface area contributed by atoms with Gasteiger partial charge in [-0.25, -0.2) is 17.9 Å². The number of nitrogens with zero attached hydrogens (tertiary/aromatic N) is 1. The van der Waals surface area contributed by atoms with Crippen molar-refractivity contribution in [3.63, 3.8) is 0 Å². The number of likely N-dealkylation sites (tertiary alicyclic amines) is 1. The second kappa shape index (κ2) is 8.60. The fourth-order valence-electron chi connectivity index (χ4n) is 2.85. The molecule has 0 spiro atoms. The molecule has 0 amide bonds. The van der Waals surface area contributed by atoms with Gasteiger partial charge in [0.05, 0.1) is 17.6 Å². The van der Waals surface area contributed by atoms with Crippen molar-refractivity contribution in [2.75, 3.05) is 33.3 Å². The van der Waals surface area contributed by atoms with E-state index in [0.717, 1.165) is 32.0 Å². The molecule has 1 aromatic rings. The normalized spacial score (nSPS) is 16.9. The Morgan fingerprint density at radius 3 is 2.62 bits per heavy atom. The van der Waals surface area contributed by atoms with E-state index in [1.165, 1.54) is 32.1 Å². The summed E-state index contributed by atoms with van der Waals surface area (Å²) in [5.41, 5.74) is 0.0533. The quantitative estimate of drug-likeness (QED) is 0.598. The highest BCUT2D eigenvalue weighted by Crippen LogP contribution is 2.17. The second-order valence-corrected chi connectivity index (χ2v) is 8.00. The molecule has 6 nitrogen and oxygen atoms in total. The van der Waals surface area contributed by atoms with Gasteiger partial charge < -0.3 is 9.64 Å². The van der Waals surface area contributed by atoms with Crippen molar-refractivity contribution >= 4 is 16.0 Å². The van der Waals surface area contributed by atoms with Gasteiger partial charge >= 0.3 is 5.97 Å². The van der Waals surface area contributed by atoms with Crippen LogP contribution in [0.2, 0.25) is 0 Å². The number of carbonyl (C=O) groups excluding carboxylic acids is 1. The first-order valence-electron chi connectivity index (χ1n) is 8.33. The van der Waals surface area contributed by atoms with Gasteiger partial charge in [-0.1, -0.05) is 19.1 Å². The van der Waals surface area contributed by atoms with Gasteiger partial charge in [-0.2, -0.15) is 0 Å². The third kappa shape index (κ3) is 5.03. The van der Waals surface area contributed by atoms with Crippen LogP contribution in [0.4, 0.5) is 0 Å². The molecule has 1 aromatic carbocycles. The number of methoxy groups -OCH3 is 1. The molecule has 0 atom stereocenters. The van der Waals surface area contributed by atoms with Crippen LogP contribution >= 0.6 is 0 Å². The number of carbonyl (C=O) groups is 1. The number of hydrogen-bond acceptors (Lipinski definition) is 5. The van der Waals surface area contributed by atoms with Gasteiger partial charge in [-0.3, -0.25) is 0 Å². The van der Waals surface area contributed by atoms with Crippen molar-refractivity contribution in [3.8, 4) is 0 Å². The summed E-state index contributed by atoms with van der Waals surface area (Å²) in [5, 5.41) is 0. The van der Waals surface area contributed by atoms with Crippen LogP contribution in [0.1, 0.15) is 36.5 Å². The third-order valence-corrected chi connectivity index (χ3v) is 5.92. The fraction of sp³-hybridized carbons (Fsp3) is 0.588. The lowest BCUT2D eigenvalue weighted by Gasteiger charge is -2.30. The Bertz CT molecular complexity index is 652. The van der Waals surface area contributed by atoms with E-state index in [1.54, 1.807) is 12.1 Å². The highest BCUT2D eigenvalue weighted by atomic mass is 32.2. The van der Waals surface area contributed by atoms with Crippen LogP contribution in [-0.4, -0.2) is 52.6 Å². The Morgan fingerprint density at radius 2 is 1.96 bits per heavy atom. The van der Waals surface area contributed by atoms with E-state index < -0.39 is 16.0 Å². The number of piperidine rings is 1. The van der Waals surface area contributed by atoms with E-state index >= 15 is 0 Å². The first-order chi connectivity index (χ1) is 11.4. The molecule has 0 bridgehead atoms. The predicted octanol–water partition coefficient (Wildman–Crippen LogP) is 1.87. The van der Waals surface area contributed by atoms with Crippen LogP contribution in [0.15, 0.2) is 29.2 Å². The molecule has 0 aromatic heterocycles. The van der Waals surface area contributed by atoms with Gasteiger partial charge in [-0.15, -0.1) is 0 Å². The number of nitrogens with one attached hydrogen (secondary N) is 1. The maximum Gasteiger partial charge on any atom is 0.339 e. The zero-order valence-corrected chi connectivity index (χ0v) is 15.1. The molecular weight excluding hydrogens is 328 g/mol. The highest BCUT2D eigenvalue weighted by molar-refractivity contribution is 7.89. The standard InChI is InChI=1S/C17H26N2O4S/c1-14-8-12-19(13-9-14)11-5-10-18-24(21,22)16-7-4-3-6-15(16)17(20)23-2/h3-4,6-7,14,18H,5,8-13H2,1-2H3. The molecule has 134 valence electrons. The maximum atomic E-state index is 12.4. The lowest BCUT2D eigenvalue weighted by molar-refractivity contribution is 0.0596. The zero-order chi connectivity index (χ0) is 17.6. The van der Waals surface area contributed by atoms with Crippen LogP contribution in [0.3, 0.4) is 0 Å². The Morgan fingerprint density at radius 1 is 1.29 bits per heavy atom. The zero-order valence-electron chi connectivity index (χ0n) is 14.3. The van der Waals surface area contributed by atoms with Gasteiger partial charge in [0, 0.05) is 6.54 Å². The summed E-state index contributed by atoms with van der Waals surface area (Å²) in [6.07, 6.45) is 3.16. The summed E-state index contributed by atoms with van der Waals surface area (Å²) in [7, 11) is -2.49. The summed E-state index contributed by atoms with van der Waals surface area (Å²) in [4.78, 5) is 14.1. The summed E-state index contributed by atoms with van der Waals surface area (Å²) < 4.78 is 32.1. The lowest BCUT2D eigenvalue weighted by atomic mass is 9.99. The molecule has 1 aliphatic heterocycles. The molecule has 0 aliphatic carbocycles. The van der Waals surface area contributed by atoms with E-state index in [1.807, 2.05) is 0 Å². The van der Waals surface area contributed by atoms with Crippen LogP contribution < -0.4 is 4.72 Å². The third-order valence-electron chi connectivity index (χ3n) is 4.40. The minimum atomic E-state index is -3.73. The van der Waals surface area contributed by atoms with Crippen LogP contribution in [-0.2, 0) is 14.8 Å². The minimum absolute atomic E-state index is 0.0383. The van der Waals surface area contributed by atoms with Crippen LogP contribution in [0, 0.1) is 5.92 Å². The highest BCUT2D eigenvalue weighted by Gasteiger charge is 2.22. The summed E-state index contributed by atoms with van der Waals surface area (Å²) in [5.74, 6) is 0.132. The number of esters is 1. The number of ether oxygens (including phenoxy) is 1. The molecule has 1 heterocycles. The lowest BCUT2D eigenvalue weighted by Crippen LogP contribution is -2.35. The summed E-state index contributed by atoms with van der Waals surface area (Å²) in [6, 6.07) is 6.08. The molecule has 1 N–H and O–H groups in total. The van der Waals surface area contributed by atoms with Crippen molar-refractivity contribution < 1.29 is 17.9 Å². The van der Waals surface area contributed by atoms with Crippen molar-refractivity contribution in [2.45, 2.75) is 31.1 Å². The maximum absolute atomic E-state index is 12.4. The average molecular weight is 354 g/mol. The van der Waals surface area contributed by atoms with E-state index in [9.17, 15) is 13.2 Å². The Kier molecular flexibility index (Phi) is 6.77. The van der Waals surface area contributed by atoms with Crippen LogP contribution in [0.25, 0.3) is 0 Å².